The van der Waals surface area contributed by atoms with Gasteiger partial charge in [-0.2, -0.15) is 0 Å². The van der Waals surface area contributed by atoms with E-state index in [4.69, 9.17) is 11.5 Å². The zero-order valence-electron chi connectivity index (χ0n) is 9.84. The monoisotopic (exact) mass is 238 g/mol. The second-order valence-corrected chi connectivity index (χ2v) is 3.95. The first kappa shape index (κ1) is 11.9. The van der Waals surface area contributed by atoms with Crippen LogP contribution < -0.4 is 11.5 Å². The quantitative estimate of drug-likeness (QED) is 0.490. The lowest BCUT2D eigenvalue weighted by atomic mass is 10.1. The van der Waals surface area contributed by atoms with Gasteiger partial charge in [-0.25, -0.2) is 0 Å². The zero-order valence-corrected chi connectivity index (χ0v) is 9.84. The van der Waals surface area contributed by atoms with Crippen LogP contribution in [0.5, 0.6) is 0 Å². The van der Waals surface area contributed by atoms with Crippen LogP contribution in [0, 0.1) is 0 Å². The fraction of sp³-hybridized carbons (Fsp3) is 0. The van der Waals surface area contributed by atoms with Gasteiger partial charge in [0.15, 0.2) is 5.78 Å². The molecule has 0 radical (unpaired) electrons. The van der Waals surface area contributed by atoms with E-state index in [1.165, 1.54) is 6.08 Å². The fourth-order valence-electron chi connectivity index (χ4n) is 1.63. The van der Waals surface area contributed by atoms with Crippen molar-refractivity contribution in [2.75, 3.05) is 11.5 Å². The fourth-order valence-corrected chi connectivity index (χ4v) is 1.63. The summed E-state index contributed by atoms with van der Waals surface area (Å²) in [7, 11) is 0. The lowest BCUT2D eigenvalue weighted by molar-refractivity contribution is 0.104. The lowest BCUT2D eigenvalue weighted by Gasteiger charge is -2.02. The van der Waals surface area contributed by atoms with Crippen LogP contribution in [0.1, 0.15) is 15.9 Å². The van der Waals surface area contributed by atoms with Crippen LogP contribution >= 0.6 is 0 Å². The van der Waals surface area contributed by atoms with Crippen molar-refractivity contribution in [2.45, 2.75) is 0 Å². The minimum atomic E-state index is -0.128. The first-order chi connectivity index (χ1) is 8.66. The predicted octanol–water partition coefficient (Wildman–Crippen LogP) is 2.75. The van der Waals surface area contributed by atoms with Gasteiger partial charge in [0.1, 0.15) is 0 Å². The van der Waals surface area contributed by atoms with E-state index in [-0.39, 0.29) is 5.78 Å². The predicted molar refractivity (Wildman–Crippen MR) is 75.1 cm³/mol. The van der Waals surface area contributed by atoms with E-state index in [0.717, 1.165) is 5.56 Å². The number of hydrogen-bond acceptors (Lipinski definition) is 3. The second-order valence-electron chi connectivity index (χ2n) is 3.95. The molecule has 2 rings (SSSR count). The van der Waals surface area contributed by atoms with Crippen LogP contribution in [0.3, 0.4) is 0 Å². The van der Waals surface area contributed by atoms with Gasteiger partial charge in [-0.3, -0.25) is 4.79 Å². The Morgan fingerprint density at radius 2 is 1.72 bits per heavy atom. The molecule has 0 aromatic heterocycles. The lowest BCUT2D eigenvalue weighted by Crippen LogP contribution is -2.01. The van der Waals surface area contributed by atoms with Crippen molar-refractivity contribution < 1.29 is 4.79 Å². The Morgan fingerprint density at radius 1 is 1.00 bits per heavy atom. The van der Waals surface area contributed by atoms with Gasteiger partial charge in [0.25, 0.3) is 0 Å². The number of hydrogen-bond donors (Lipinski definition) is 2. The molecule has 0 atom stereocenters. The van der Waals surface area contributed by atoms with Crippen molar-refractivity contribution in [1.82, 2.24) is 0 Å². The second kappa shape index (κ2) is 5.19. The first-order valence-corrected chi connectivity index (χ1v) is 5.59. The highest BCUT2D eigenvalue weighted by atomic mass is 16.1. The number of allylic oxidation sites excluding steroid dienone is 1. The van der Waals surface area contributed by atoms with Crippen LogP contribution in [0.25, 0.3) is 6.08 Å². The van der Waals surface area contributed by atoms with Crippen molar-refractivity contribution >= 4 is 23.2 Å². The molecule has 3 heteroatoms. The molecule has 0 saturated heterocycles. The third kappa shape index (κ3) is 2.77. The molecule has 4 N–H and O–H groups in total. The maximum Gasteiger partial charge on any atom is 0.187 e. The number of anilines is 2. The number of carbonyl (C=O) groups excluding carboxylic acids is 1. The summed E-state index contributed by atoms with van der Waals surface area (Å²) < 4.78 is 0. The van der Waals surface area contributed by atoms with Crippen LogP contribution in [0.2, 0.25) is 0 Å². The molecule has 0 unspecified atom stereocenters. The Kier molecular flexibility index (Phi) is 3.44. The Morgan fingerprint density at radius 3 is 2.39 bits per heavy atom. The van der Waals surface area contributed by atoms with E-state index in [2.05, 4.69) is 0 Å². The van der Waals surface area contributed by atoms with Gasteiger partial charge < -0.3 is 11.5 Å². The molecule has 2 aromatic rings. The van der Waals surface area contributed by atoms with Crippen LogP contribution in [0.15, 0.2) is 54.6 Å². The van der Waals surface area contributed by atoms with E-state index in [9.17, 15) is 4.79 Å². The molecule has 2 aromatic carbocycles. The molecule has 0 aliphatic rings. The number of rotatable bonds is 3. The van der Waals surface area contributed by atoms with Crippen molar-refractivity contribution in [3.05, 3.63) is 65.7 Å². The summed E-state index contributed by atoms with van der Waals surface area (Å²) in [4.78, 5) is 11.9. The summed E-state index contributed by atoms with van der Waals surface area (Å²) in [5.74, 6) is -0.128. The van der Waals surface area contributed by atoms with E-state index in [0.29, 0.717) is 16.9 Å². The number of carbonyl (C=O) groups is 1. The Balaban J connectivity index is 2.20. The molecule has 3 nitrogen and oxygen atoms in total. The van der Waals surface area contributed by atoms with Gasteiger partial charge in [0.05, 0.1) is 0 Å². The first-order valence-electron chi connectivity index (χ1n) is 5.59. The van der Waals surface area contributed by atoms with Crippen LogP contribution in [-0.2, 0) is 0 Å². The molecule has 18 heavy (non-hydrogen) atoms. The van der Waals surface area contributed by atoms with Crippen LogP contribution in [0.4, 0.5) is 11.4 Å². The molecule has 0 bridgehead atoms. The van der Waals surface area contributed by atoms with Crippen LogP contribution in [-0.4, -0.2) is 5.78 Å². The average Bonchev–Trinajstić information content (AvgIpc) is 2.37. The topological polar surface area (TPSA) is 69.1 Å². The Bertz CT molecular complexity index is 589. The molecule has 0 aliphatic carbocycles. The third-order valence-corrected chi connectivity index (χ3v) is 2.57. The van der Waals surface area contributed by atoms with Gasteiger partial charge in [-0.05, 0) is 29.8 Å². The van der Waals surface area contributed by atoms with Gasteiger partial charge in [0, 0.05) is 16.9 Å². The Hall–Kier alpha value is -2.55. The molecule has 0 saturated carbocycles. The molecule has 0 aliphatic heterocycles. The van der Waals surface area contributed by atoms with E-state index >= 15 is 0 Å². The van der Waals surface area contributed by atoms with E-state index in [1.54, 1.807) is 24.3 Å². The van der Waals surface area contributed by atoms with Crippen molar-refractivity contribution in [2.24, 2.45) is 0 Å². The smallest absolute Gasteiger partial charge is 0.187 e. The average molecular weight is 238 g/mol. The summed E-state index contributed by atoms with van der Waals surface area (Å²) in [6.07, 6.45) is 3.27. The van der Waals surface area contributed by atoms with Gasteiger partial charge in [-0.1, -0.05) is 36.4 Å². The van der Waals surface area contributed by atoms with E-state index in [1.807, 2.05) is 30.3 Å². The standard InChI is InChI=1S/C15H14N2O/c16-12-7-8-13(14(17)10-12)15(18)9-6-11-4-2-1-3-5-11/h1-10H,16-17H2. The molecule has 0 heterocycles. The number of ketones is 1. The van der Waals surface area contributed by atoms with Gasteiger partial charge in [0.2, 0.25) is 0 Å². The highest BCUT2D eigenvalue weighted by Gasteiger charge is 2.06. The third-order valence-electron chi connectivity index (χ3n) is 2.57. The van der Waals surface area contributed by atoms with Crippen molar-refractivity contribution in [1.29, 1.82) is 0 Å². The van der Waals surface area contributed by atoms with Gasteiger partial charge >= 0.3 is 0 Å². The number of nitrogens with two attached hydrogens (primary N) is 2. The zero-order chi connectivity index (χ0) is 13.0. The number of benzene rings is 2. The van der Waals surface area contributed by atoms with Gasteiger partial charge in [-0.15, -0.1) is 0 Å². The molecule has 0 amide bonds. The maximum atomic E-state index is 11.9. The highest BCUT2D eigenvalue weighted by molar-refractivity contribution is 6.10. The summed E-state index contributed by atoms with van der Waals surface area (Å²) in [5, 5.41) is 0. The molecule has 0 fully saturated rings. The summed E-state index contributed by atoms with van der Waals surface area (Å²) in [5.41, 5.74) is 13.7. The van der Waals surface area contributed by atoms with E-state index < -0.39 is 0 Å². The molecular weight excluding hydrogens is 224 g/mol. The Labute approximate surface area is 106 Å². The van der Waals surface area contributed by atoms with Crippen molar-refractivity contribution in [3.8, 4) is 0 Å². The minimum Gasteiger partial charge on any atom is -0.399 e. The number of nitrogen functional groups attached to an aromatic ring is 2. The highest BCUT2D eigenvalue weighted by Crippen LogP contribution is 2.17. The SMILES string of the molecule is Nc1ccc(C(=O)C=Cc2ccccc2)c(N)c1. The minimum absolute atomic E-state index is 0.128. The summed E-state index contributed by atoms with van der Waals surface area (Å²) in [6.45, 7) is 0. The molecular formula is C15H14N2O. The maximum absolute atomic E-state index is 11.9. The summed E-state index contributed by atoms with van der Waals surface area (Å²) >= 11 is 0. The normalized spacial score (nSPS) is 10.7. The largest absolute Gasteiger partial charge is 0.399 e. The summed E-state index contributed by atoms with van der Waals surface area (Å²) in [6, 6.07) is 14.5. The molecule has 0 spiro atoms. The van der Waals surface area contributed by atoms with Crippen molar-refractivity contribution in [3.63, 3.8) is 0 Å². The molecule has 90 valence electrons.